The second-order valence-electron chi connectivity index (χ2n) is 8.01. The lowest BCUT2D eigenvalue weighted by atomic mass is 10.0. The number of nitriles is 1. The van der Waals surface area contributed by atoms with E-state index in [0.29, 0.717) is 40.7 Å². The molecule has 0 radical (unpaired) electrons. The summed E-state index contributed by atoms with van der Waals surface area (Å²) in [5.74, 6) is 1.05. The molecule has 0 unspecified atom stereocenters. The highest BCUT2D eigenvalue weighted by Crippen LogP contribution is 2.29. The zero-order chi connectivity index (χ0) is 22.7. The van der Waals surface area contributed by atoms with Gasteiger partial charge < -0.3 is 4.74 Å². The number of halogens is 1. The standard InChI is InChI=1S/C24H23ClN4O3/c1-16-13-29(24(31)27-23(16)30)20-5-3-9-28(15-20)14-17-7-8-18(12-26)22(10-17)32-21-6-2-4-19(25)11-21/h2,4,6-8,10-11,13,20H,3,5,9,14-15H2,1H3,(H,27,30,31)/t20-/m0/s1. The fourth-order valence-electron chi connectivity index (χ4n) is 4.02. The lowest BCUT2D eigenvalue weighted by Crippen LogP contribution is -2.41. The zero-order valence-corrected chi connectivity index (χ0v) is 18.4. The van der Waals surface area contributed by atoms with Gasteiger partial charge in [0.05, 0.1) is 11.6 Å². The third-order valence-electron chi connectivity index (χ3n) is 5.62. The van der Waals surface area contributed by atoms with Crippen molar-refractivity contribution in [2.24, 2.45) is 0 Å². The monoisotopic (exact) mass is 450 g/mol. The maximum Gasteiger partial charge on any atom is 0.328 e. The van der Waals surface area contributed by atoms with Crippen molar-refractivity contribution in [1.82, 2.24) is 14.5 Å². The molecule has 0 spiro atoms. The van der Waals surface area contributed by atoms with Crippen molar-refractivity contribution in [3.63, 3.8) is 0 Å². The van der Waals surface area contributed by atoms with Gasteiger partial charge in [-0.1, -0.05) is 23.7 Å². The van der Waals surface area contributed by atoms with Gasteiger partial charge in [-0.3, -0.25) is 19.2 Å². The molecule has 2 heterocycles. The van der Waals surface area contributed by atoms with Gasteiger partial charge >= 0.3 is 5.69 Å². The SMILES string of the molecule is Cc1cn([C@H]2CCCN(Cc3ccc(C#N)c(Oc4cccc(Cl)c4)c3)C2)c(=O)[nH]c1=O. The highest BCUT2D eigenvalue weighted by Gasteiger charge is 2.23. The number of nitrogens with one attached hydrogen (secondary N) is 1. The molecule has 4 rings (SSSR count). The molecule has 1 atom stereocenters. The summed E-state index contributed by atoms with van der Waals surface area (Å²) in [5.41, 5.74) is 1.26. The summed E-state index contributed by atoms with van der Waals surface area (Å²) in [5, 5.41) is 10.0. The van der Waals surface area contributed by atoms with Crippen LogP contribution in [-0.2, 0) is 6.54 Å². The Morgan fingerprint density at radius 1 is 1.25 bits per heavy atom. The van der Waals surface area contributed by atoms with E-state index >= 15 is 0 Å². The molecule has 8 heteroatoms. The summed E-state index contributed by atoms with van der Waals surface area (Å²) in [6.07, 6.45) is 3.46. The van der Waals surface area contributed by atoms with Crippen LogP contribution in [0.2, 0.25) is 5.02 Å². The predicted molar refractivity (Wildman–Crippen MR) is 122 cm³/mol. The largest absolute Gasteiger partial charge is 0.456 e. The van der Waals surface area contributed by atoms with E-state index in [9.17, 15) is 14.9 Å². The lowest BCUT2D eigenvalue weighted by molar-refractivity contribution is 0.167. The van der Waals surface area contributed by atoms with Crippen LogP contribution >= 0.6 is 11.6 Å². The van der Waals surface area contributed by atoms with Gasteiger partial charge in [0.25, 0.3) is 5.56 Å². The molecule has 0 bridgehead atoms. The molecule has 0 saturated carbocycles. The van der Waals surface area contributed by atoms with Crippen molar-refractivity contribution in [3.8, 4) is 17.6 Å². The van der Waals surface area contributed by atoms with E-state index in [1.807, 2.05) is 12.1 Å². The molecule has 164 valence electrons. The minimum absolute atomic E-state index is 0.00707. The van der Waals surface area contributed by atoms with E-state index in [-0.39, 0.29) is 17.3 Å². The number of rotatable bonds is 5. The Hall–Kier alpha value is -3.34. The normalized spacial score (nSPS) is 16.5. The first-order valence-electron chi connectivity index (χ1n) is 10.4. The number of nitrogens with zero attached hydrogens (tertiary/aromatic N) is 3. The molecular weight excluding hydrogens is 428 g/mol. The Morgan fingerprint density at radius 3 is 2.88 bits per heavy atom. The van der Waals surface area contributed by atoms with E-state index in [1.54, 1.807) is 48.0 Å². The van der Waals surface area contributed by atoms with E-state index in [2.05, 4.69) is 16.0 Å². The molecule has 1 saturated heterocycles. The molecule has 2 aromatic carbocycles. The van der Waals surface area contributed by atoms with Crippen LogP contribution in [0.3, 0.4) is 0 Å². The maximum atomic E-state index is 12.3. The van der Waals surface area contributed by atoms with Crippen LogP contribution in [-0.4, -0.2) is 27.5 Å². The Kier molecular flexibility index (Phi) is 6.45. The molecular formula is C24H23ClN4O3. The van der Waals surface area contributed by atoms with Crippen molar-refractivity contribution in [2.45, 2.75) is 32.4 Å². The number of aromatic amines is 1. The second-order valence-corrected chi connectivity index (χ2v) is 8.45. The van der Waals surface area contributed by atoms with Gasteiger partial charge in [-0.05, 0) is 62.2 Å². The third kappa shape index (κ3) is 4.93. The molecule has 1 aliphatic heterocycles. The first-order chi connectivity index (χ1) is 15.4. The predicted octanol–water partition coefficient (Wildman–Crippen LogP) is 4.00. The molecule has 0 aliphatic carbocycles. The number of H-pyrrole nitrogens is 1. The second kappa shape index (κ2) is 9.43. The van der Waals surface area contributed by atoms with Crippen molar-refractivity contribution in [1.29, 1.82) is 5.26 Å². The highest BCUT2D eigenvalue weighted by atomic mass is 35.5. The summed E-state index contributed by atoms with van der Waals surface area (Å²) < 4.78 is 7.57. The number of hydrogen-bond acceptors (Lipinski definition) is 5. The highest BCUT2D eigenvalue weighted by molar-refractivity contribution is 6.30. The fourth-order valence-corrected chi connectivity index (χ4v) is 4.20. The van der Waals surface area contributed by atoms with Gasteiger partial charge in [-0.25, -0.2) is 4.79 Å². The number of hydrogen-bond donors (Lipinski definition) is 1. The molecule has 1 N–H and O–H groups in total. The van der Waals surface area contributed by atoms with Gasteiger partial charge in [0.15, 0.2) is 0 Å². The van der Waals surface area contributed by atoms with Crippen molar-refractivity contribution in [3.05, 3.63) is 91.2 Å². The van der Waals surface area contributed by atoms with Crippen molar-refractivity contribution >= 4 is 11.6 Å². The molecule has 32 heavy (non-hydrogen) atoms. The maximum absolute atomic E-state index is 12.3. The minimum Gasteiger partial charge on any atom is -0.456 e. The summed E-state index contributed by atoms with van der Waals surface area (Å²) >= 11 is 6.04. The van der Waals surface area contributed by atoms with Gasteiger partial charge in [0, 0.05) is 29.9 Å². The van der Waals surface area contributed by atoms with E-state index in [1.165, 1.54) is 0 Å². The number of aryl methyl sites for hydroxylation is 1. The van der Waals surface area contributed by atoms with Crippen LogP contribution < -0.4 is 16.0 Å². The van der Waals surface area contributed by atoms with Crippen LogP contribution in [0.1, 0.15) is 35.6 Å². The average Bonchev–Trinajstić information content (AvgIpc) is 2.77. The van der Waals surface area contributed by atoms with Gasteiger partial charge in [0.1, 0.15) is 17.6 Å². The quantitative estimate of drug-likeness (QED) is 0.634. The van der Waals surface area contributed by atoms with Crippen molar-refractivity contribution < 1.29 is 4.74 Å². The number of piperidine rings is 1. The van der Waals surface area contributed by atoms with Crippen LogP contribution in [0.15, 0.2) is 58.3 Å². The fraction of sp³-hybridized carbons (Fsp3) is 0.292. The summed E-state index contributed by atoms with van der Waals surface area (Å²) in [4.78, 5) is 28.7. The zero-order valence-electron chi connectivity index (χ0n) is 17.7. The van der Waals surface area contributed by atoms with Gasteiger partial charge in [-0.15, -0.1) is 0 Å². The third-order valence-corrected chi connectivity index (χ3v) is 5.85. The molecule has 1 fully saturated rings. The Bertz CT molecular complexity index is 1290. The van der Waals surface area contributed by atoms with Crippen LogP contribution in [0.5, 0.6) is 11.5 Å². The molecule has 1 aromatic heterocycles. The topological polar surface area (TPSA) is 91.1 Å². The number of benzene rings is 2. The molecule has 3 aromatic rings. The molecule has 0 amide bonds. The Labute approximate surface area is 190 Å². The molecule has 7 nitrogen and oxygen atoms in total. The van der Waals surface area contributed by atoms with E-state index in [0.717, 1.165) is 24.9 Å². The average molecular weight is 451 g/mol. The van der Waals surface area contributed by atoms with E-state index < -0.39 is 0 Å². The van der Waals surface area contributed by atoms with Crippen molar-refractivity contribution in [2.75, 3.05) is 13.1 Å². The molecule has 1 aliphatic rings. The number of likely N-dealkylation sites (tertiary alicyclic amines) is 1. The minimum atomic E-state index is -0.372. The number of ether oxygens (including phenoxy) is 1. The van der Waals surface area contributed by atoms with Gasteiger partial charge in [-0.2, -0.15) is 5.26 Å². The Morgan fingerprint density at radius 2 is 2.09 bits per heavy atom. The smallest absolute Gasteiger partial charge is 0.328 e. The first-order valence-corrected chi connectivity index (χ1v) is 10.8. The number of aromatic nitrogens is 2. The summed E-state index contributed by atoms with van der Waals surface area (Å²) in [6.45, 7) is 3.95. The summed E-state index contributed by atoms with van der Waals surface area (Å²) in [7, 11) is 0. The van der Waals surface area contributed by atoms with Crippen LogP contribution in [0, 0.1) is 18.3 Å². The summed E-state index contributed by atoms with van der Waals surface area (Å²) in [6, 6.07) is 14.8. The Balaban J connectivity index is 1.52. The lowest BCUT2D eigenvalue weighted by Gasteiger charge is -2.33. The van der Waals surface area contributed by atoms with Crippen LogP contribution in [0.25, 0.3) is 0 Å². The van der Waals surface area contributed by atoms with Gasteiger partial charge in [0.2, 0.25) is 0 Å². The van der Waals surface area contributed by atoms with E-state index in [4.69, 9.17) is 16.3 Å². The first kappa shape index (κ1) is 21.9. The van der Waals surface area contributed by atoms with Crippen LogP contribution in [0.4, 0.5) is 0 Å².